The predicted molar refractivity (Wildman–Crippen MR) is 41.0 cm³/mol. The van der Waals surface area contributed by atoms with Crippen LogP contribution in [0.5, 0.6) is 0 Å². The van der Waals surface area contributed by atoms with E-state index in [1.54, 1.807) is 0 Å². The van der Waals surface area contributed by atoms with Crippen molar-refractivity contribution in [3.63, 3.8) is 0 Å². The van der Waals surface area contributed by atoms with Crippen molar-refractivity contribution in [3.05, 3.63) is 0 Å². The molecule has 0 aromatic heterocycles. The minimum Gasteiger partial charge on any atom is -0.480 e. The Morgan fingerprint density at radius 2 is 2.09 bits per heavy atom. The lowest BCUT2D eigenvalue weighted by Gasteiger charge is -2.03. The fourth-order valence-electron chi connectivity index (χ4n) is 0.312. The van der Waals surface area contributed by atoms with Gasteiger partial charge in [-0.1, -0.05) is 0 Å². The summed E-state index contributed by atoms with van der Waals surface area (Å²) in [7, 11) is 0. The standard InChI is InChI=1S/C4H7N3O3S/c5-3(10)7-4(11)6-1-2(8)9/h1H2,(H,8,9)(H4,5,6,7,10,11). The number of hydrogen-bond donors (Lipinski definition) is 4. The molecule has 0 aliphatic rings. The summed E-state index contributed by atoms with van der Waals surface area (Å²) in [5, 5.41) is 12.3. The summed E-state index contributed by atoms with van der Waals surface area (Å²) < 4.78 is 0. The smallest absolute Gasteiger partial charge is 0.322 e. The van der Waals surface area contributed by atoms with E-state index in [1.165, 1.54) is 0 Å². The van der Waals surface area contributed by atoms with Crippen LogP contribution in [-0.4, -0.2) is 28.8 Å². The van der Waals surface area contributed by atoms with Crippen LogP contribution in [0.3, 0.4) is 0 Å². The van der Waals surface area contributed by atoms with Gasteiger partial charge in [-0.05, 0) is 12.2 Å². The fraction of sp³-hybridized carbons (Fsp3) is 0.250. The number of amides is 2. The van der Waals surface area contributed by atoms with E-state index in [0.29, 0.717) is 0 Å². The largest absolute Gasteiger partial charge is 0.480 e. The van der Waals surface area contributed by atoms with Crippen molar-refractivity contribution in [3.8, 4) is 0 Å². The number of nitrogens with two attached hydrogens (primary N) is 1. The van der Waals surface area contributed by atoms with Gasteiger partial charge in [-0.2, -0.15) is 0 Å². The third-order valence-electron chi connectivity index (χ3n) is 0.637. The molecule has 0 fully saturated rings. The van der Waals surface area contributed by atoms with Crippen LogP contribution in [0.4, 0.5) is 4.79 Å². The van der Waals surface area contributed by atoms with Gasteiger partial charge in [0.2, 0.25) is 0 Å². The summed E-state index contributed by atoms with van der Waals surface area (Å²) >= 11 is 4.46. The topological polar surface area (TPSA) is 104 Å². The number of carboxylic acid groups (broad SMARTS) is 1. The molecule has 6 nitrogen and oxygen atoms in total. The summed E-state index contributed by atoms with van der Waals surface area (Å²) in [6, 6.07) is -0.826. The van der Waals surface area contributed by atoms with Gasteiger partial charge in [0.25, 0.3) is 0 Å². The molecule has 62 valence electrons. The number of carboxylic acids is 1. The van der Waals surface area contributed by atoms with Crippen LogP contribution in [-0.2, 0) is 4.79 Å². The number of nitrogens with one attached hydrogen (secondary N) is 2. The molecule has 5 N–H and O–H groups in total. The van der Waals surface area contributed by atoms with E-state index < -0.39 is 12.0 Å². The fourth-order valence-corrected chi connectivity index (χ4v) is 0.485. The van der Waals surface area contributed by atoms with Crippen LogP contribution in [0.15, 0.2) is 0 Å². The van der Waals surface area contributed by atoms with Gasteiger partial charge < -0.3 is 16.2 Å². The van der Waals surface area contributed by atoms with Gasteiger partial charge >= 0.3 is 12.0 Å². The molecule has 0 saturated carbocycles. The molecule has 0 aliphatic heterocycles. The first-order chi connectivity index (χ1) is 5.02. The molecule has 0 rings (SSSR count). The lowest BCUT2D eigenvalue weighted by molar-refractivity contribution is -0.135. The first-order valence-electron chi connectivity index (χ1n) is 2.58. The number of hydrogen-bond acceptors (Lipinski definition) is 3. The second-order valence-electron chi connectivity index (χ2n) is 1.57. The Hall–Kier alpha value is -1.37. The summed E-state index contributed by atoms with van der Waals surface area (Å²) in [4.78, 5) is 20.0. The molecule has 0 bridgehead atoms. The lowest BCUT2D eigenvalue weighted by atomic mass is 10.6. The normalized spacial score (nSPS) is 8.36. The number of rotatable bonds is 2. The van der Waals surface area contributed by atoms with E-state index >= 15 is 0 Å². The lowest BCUT2D eigenvalue weighted by Crippen LogP contribution is -2.43. The highest BCUT2D eigenvalue weighted by Gasteiger charge is 2.00. The van der Waals surface area contributed by atoms with Crippen molar-refractivity contribution < 1.29 is 14.7 Å². The van der Waals surface area contributed by atoms with Crippen molar-refractivity contribution in [2.45, 2.75) is 0 Å². The van der Waals surface area contributed by atoms with Crippen molar-refractivity contribution in [1.29, 1.82) is 0 Å². The highest BCUT2D eigenvalue weighted by atomic mass is 32.1. The molecule has 0 radical (unpaired) electrons. The van der Waals surface area contributed by atoms with Crippen LogP contribution in [0.1, 0.15) is 0 Å². The Labute approximate surface area is 67.7 Å². The Kier molecular flexibility index (Phi) is 3.89. The summed E-state index contributed by atoms with van der Waals surface area (Å²) in [6.45, 7) is -0.348. The third-order valence-corrected chi connectivity index (χ3v) is 0.883. The Morgan fingerprint density at radius 3 is 2.45 bits per heavy atom. The van der Waals surface area contributed by atoms with E-state index in [2.05, 4.69) is 23.3 Å². The monoisotopic (exact) mass is 177 g/mol. The molecule has 0 atom stereocenters. The number of urea groups is 1. The molecule has 11 heavy (non-hydrogen) atoms. The molecular formula is C4H7N3O3S. The van der Waals surface area contributed by atoms with Gasteiger partial charge in [0, 0.05) is 0 Å². The maximum Gasteiger partial charge on any atom is 0.322 e. The number of aliphatic carboxylic acids is 1. The highest BCUT2D eigenvalue weighted by Crippen LogP contribution is 1.66. The maximum absolute atomic E-state index is 10.1. The van der Waals surface area contributed by atoms with Crippen molar-refractivity contribution >= 4 is 29.3 Å². The van der Waals surface area contributed by atoms with Gasteiger partial charge in [0.15, 0.2) is 5.11 Å². The third kappa shape index (κ3) is 6.52. The molecule has 0 spiro atoms. The average molecular weight is 177 g/mol. The summed E-state index contributed by atoms with van der Waals surface area (Å²) in [5.74, 6) is -1.07. The van der Waals surface area contributed by atoms with Crippen molar-refractivity contribution in [2.24, 2.45) is 5.73 Å². The summed E-state index contributed by atoms with van der Waals surface area (Å²) in [5.41, 5.74) is 4.67. The van der Waals surface area contributed by atoms with E-state index in [1.807, 2.05) is 5.32 Å². The van der Waals surface area contributed by atoms with Crippen LogP contribution in [0, 0.1) is 0 Å². The van der Waals surface area contributed by atoms with Crippen molar-refractivity contribution in [2.75, 3.05) is 6.54 Å². The van der Waals surface area contributed by atoms with Crippen LogP contribution >= 0.6 is 12.2 Å². The zero-order valence-electron chi connectivity index (χ0n) is 5.46. The Morgan fingerprint density at radius 1 is 1.55 bits per heavy atom. The molecule has 0 aliphatic carbocycles. The first-order valence-corrected chi connectivity index (χ1v) is 2.99. The number of carbonyl (C=O) groups is 2. The predicted octanol–water partition coefficient (Wildman–Crippen LogP) is -1.39. The zero-order valence-corrected chi connectivity index (χ0v) is 6.27. The first kappa shape index (κ1) is 9.63. The molecule has 0 aromatic rings. The van der Waals surface area contributed by atoms with E-state index in [9.17, 15) is 9.59 Å². The molecule has 0 unspecified atom stereocenters. The molecular weight excluding hydrogens is 170 g/mol. The summed E-state index contributed by atoms with van der Waals surface area (Å²) in [6.07, 6.45) is 0. The van der Waals surface area contributed by atoms with Gasteiger partial charge in [0.1, 0.15) is 6.54 Å². The second kappa shape index (κ2) is 4.45. The molecule has 7 heteroatoms. The number of thiocarbonyl (C=S) groups is 1. The van der Waals surface area contributed by atoms with Crippen LogP contribution in [0.25, 0.3) is 0 Å². The minimum atomic E-state index is -1.07. The van der Waals surface area contributed by atoms with Gasteiger partial charge in [-0.3, -0.25) is 10.1 Å². The molecule has 0 heterocycles. The average Bonchev–Trinajstić information content (AvgIpc) is 1.82. The van der Waals surface area contributed by atoms with E-state index in [0.717, 1.165) is 0 Å². The van der Waals surface area contributed by atoms with Gasteiger partial charge in [-0.25, -0.2) is 4.79 Å². The van der Waals surface area contributed by atoms with Crippen LogP contribution in [0.2, 0.25) is 0 Å². The zero-order chi connectivity index (χ0) is 8.85. The van der Waals surface area contributed by atoms with Crippen LogP contribution < -0.4 is 16.4 Å². The Bertz CT molecular complexity index is 193. The number of carbonyl (C=O) groups excluding carboxylic acids is 1. The van der Waals surface area contributed by atoms with Crippen molar-refractivity contribution in [1.82, 2.24) is 10.6 Å². The molecule has 0 saturated heterocycles. The quantitative estimate of drug-likeness (QED) is 0.389. The number of primary amides is 1. The molecule has 0 aromatic carbocycles. The van der Waals surface area contributed by atoms with E-state index in [4.69, 9.17) is 5.11 Å². The molecule has 2 amide bonds. The van der Waals surface area contributed by atoms with E-state index in [-0.39, 0.29) is 11.7 Å². The maximum atomic E-state index is 10.1. The van der Waals surface area contributed by atoms with Gasteiger partial charge in [-0.15, -0.1) is 0 Å². The minimum absolute atomic E-state index is 0.0973. The highest BCUT2D eigenvalue weighted by molar-refractivity contribution is 7.80. The second-order valence-corrected chi connectivity index (χ2v) is 1.97. The SMILES string of the molecule is NC(=O)NC(=S)NCC(=O)O. The van der Waals surface area contributed by atoms with Gasteiger partial charge in [0.05, 0.1) is 0 Å². The Balaban J connectivity index is 3.53.